The third-order valence-electron chi connectivity index (χ3n) is 3.94. The maximum absolute atomic E-state index is 12.6. The zero-order chi connectivity index (χ0) is 15.6. The van der Waals surface area contributed by atoms with Crippen molar-refractivity contribution in [1.29, 1.82) is 0 Å². The maximum atomic E-state index is 12.6. The molecule has 0 saturated carbocycles. The molecule has 1 aromatic carbocycles. The van der Waals surface area contributed by atoms with E-state index in [0.717, 1.165) is 12.2 Å². The largest absolute Gasteiger partial charge is 0.488 e. The van der Waals surface area contributed by atoms with E-state index in [0.29, 0.717) is 17.9 Å². The number of nitrogens with one attached hydrogen (secondary N) is 1. The average Bonchev–Trinajstić information content (AvgIpc) is 2.45. The number of fused-ring (bicyclic) bond motifs is 1. The Morgan fingerprint density at radius 1 is 1.43 bits per heavy atom. The highest BCUT2D eigenvalue weighted by Crippen LogP contribution is 2.29. The van der Waals surface area contributed by atoms with E-state index in [4.69, 9.17) is 4.74 Å². The van der Waals surface area contributed by atoms with Gasteiger partial charge >= 0.3 is 0 Å². The highest BCUT2D eigenvalue weighted by molar-refractivity contribution is 5.98. The molecule has 5 heteroatoms. The second kappa shape index (κ2) is 6.35. The SMILES string of the molecule is CNC[C@@H]1Oc2ccc(N(C)C)cc2C(=O)N(C)C[C@H]1C. The molecule has 0 fully saturated rings. The van der Waals surface area contributed by atoms with Gasteiger partial charge in [0.25, 0.3) is 5.91 Å². The molecular weight excluding hydrogens is 266 g/mol. The van der Waals surface area contributed by atoms with E-state index in [-0.39, 0.29) is 17.9 Å². The molecule has 5 nitrogen and oxygen atoms in total. The van der Waals surface area contributed by atoms with Gasteiger partial charge in [-0.25, -0.2) is 0 Å². The number of carbonyl (C=O) groups is 1. The van der Waals surface area contributed by atoms with Crippen molar-refractivity contribution >= 4 is 11.6 Å². The maximum Gasteiger partial charge on any atom is 0.257 e. The van der Waals surface area contributed by atoms with Gasteiger partial charge in [0.2, 0.25) is 0 Å². The van der Waals surface area contributed by atoms with Crippen LogP contribution in [0.4, 0.5) is 5.69 Å². The smallest absolute Gasteiger partial charge is 0.257 e. The number of rotatable bonds is 3. The van der Waals surface area contributed by atoms with Gasteiger partial charge in [-0.3, -0.25) is 4.79 Å². The monoisotopic (exact) mass is 291 g/mol. The predicted molar refractivity (Wildman–Crippen MR) is 85.2 cm³/mol. The van der Waals surface area contributed by atoms with Crippen molar-refractivity contribution in [2.75, 3.05) is 46.2 Å². The lowest BCUT2D eigenvalue weighted by atomic mass is 10.0. The number of likely N-dealkylation sites (N-methyl/N-ethyl adjacent to an activating group) is 1. The van der Waals surface area contributed by atoms with Crippen molar-refractivity contribution in [2.24, 2.45) is 5.92 Å². The Bertz CT molecular complexity index is 516. The van der Waals surface area contributed by atoms with Crippen LogP contribution in [0.15, 0.2) is 18.2 Å². The van der Waals surface area contributed by atoms with Crippen LogP contribution in [-0.4, -0.2) is 58.2 Å². The van der Waals surface area contributed by atoms with Gasteiger partial charge in [-0.2, -0.15) is 0 Å². The summed E-state index contributed by atoms with van der Waals surface area (Å²) < 4.78 is 6.11. The van der Waals surface area contributed by atoms with E-state index < -0.39 is 0 Å². The Morgan fingerprint density at radius 3 is 2.76 bits per heavy atom. The van der Waals surface area contributed by atoms with Crippen molar-refractivity contribution in [3.05, 3.63) is 23.8 Å². The van der Waals surface area contributed by atoms with Gasteiger partial charge in [-0.15, -0.1) is 0 Å². The van der Waals surface area contributed by atoms with Gasteiger partial charge in [0.15, 0.2) is 0 Å². The molecule has 1 heterocycles. The van der Waals surface area contributed by atoms with E-state index in [1.807, 2.05) is 51.3 Å². The van der Waals surface area contributed by atoms with Gasteiger partial charge in [0.1, 0.15) is 11.9 Å². The van der Waals surface area contributed by atoms with E-state index in [1.54, 1.807) is 4.90 Å². The third-order valence-corrected chi connectivity index (χ3v) is 3.94. The number of hydrogen-bond acceptors (Lipinski definition) is 4. The molecule has 2 atom stereocenters. The first-order valence-electron chi connectivity index (χ1n) is 7.32. The van der Waals surface area contributed by atoms with Crippen LogP contribution < -0.4 is 15.0 Å². The molecule has 1 aliphatic rings. The van der Waals surface area contributed by atoms with Crippen molar-refractivity contribution in [3.63, 3.8) is 0 Å². The second-order valence-corrected chi connectivity index (χ2v) is 5.95. The van der Waals surface area contributed by atoms with E-state index >= 15 is 0 Å². The Morgan fingerprint density at radius 2 is 2.14 bits per heavy atom. The fourth-order valence-corrected chi connectivity index (χ4v) is 2.63. The highest BCUT2D eigenvalue weighted by atomic mass is 16.5. The average molecular weight is 291 g/mol. The summed E-state index contributed by atoms with van der Waals surface area (Å²) in [6, 6.07) is 5.78. The topological polar surface area (TPSA) is 44.8 Å². The molecular formula is C16H25N3O2. The van der Waals surface area contributed by atoms with Crippen LogP contribution in [0.5, 0.6) is 5.75 Å². The molecule has 1 aromatic rings. The molecule has 116 valence electrons. The van der Waals surface area contributed by atoms with Gasteiger partial charge in [0.05, 0.1) is 5.56 Å². The van der Waals surface area contributed by atoms with Crippen LogP contribution in [0.1, 0.15) is 17.3 Å². The van der Waals surface area contributed by atoms with Crippen LogP contribution >= 0.6 is 0 Å². The lowest BCUT2D eigenvalue weighted by Gasteiger charge is -2.33. The molecule has 0 spiro atoms. The summed E-state index contributed by atoms with van der Waals surface area (Å²) in [5.41, 5.74) is 1.63. The number of amides is 1. The Labute approximate surface area is 126 Å². The first-order valence-corrected chi connectivity index (χ1v) is 7.32. The van der Waals surface area contributed by atoms with E-state index in [2.05, 4.69) is 12.2 Å². The molecule has 21 heavy (non-hydrogen) atoms. The lowest BCUT2D eigenvalue weighted by molar-refractivity contribution is 0.0637. The number of anilines is 1. The first kappa shape index (κ1) is 15.6. The number of hydrogen-bond donors (Lipinski definition) is 1. The Kier molecular flexibility index (Phi) is 4.73. The van der Waals surface area contributed by atoms with Crippen molar-refractivity contribution in [1.82, 2.24) is 10.2 Å². The fraction of sp³-hybridized carbons (Fsp3) is 0.562. The van der Waals surface area contributed by atoms with Gasteiger partial charge in [-0.05, 0) is 25.2 Å². The number of carbonyl (C=O) groups excluding carboxylic acids is 1. The molecule has 2 rings (SSSR count). The van der Waals surface area contributed by atoms with Gasteiger partial charge in [0, 0.05) is 45.8 Å². The van der Waals surface area contributed by atoms with Crippen LogP contribution in [0.3, 0.4) is 0 Å². The summed E-state index contributed by atoms with van der Waals surface area (Å²) >= 11 is 0. The first-order chi connectivity index (χ1) is 9.93. The molecule has 0 aromatic heterocycles. The Hall–Kier alpha value is -1.75. The lowest BCUT2D eigenvalue weighted by Crippen LogP contribution is -2.44. The number of ether oxygens (including phenoxy) is 1. The summed E-state index contributed by atoms with van der Waals surface area (Å²) in [5, 5.41) is 3.17. The van der Waals surface area contributed by atoms with Crippen molar-refractivity contribution < 1.29 is 9.53 Å². The minimum Gasteiger partial charge on any atom is -0.488 e. The molecule has 1 amide bonds. The van der Waals surface area contributed by atoms with Crippen molar-refractivity contribution in [2.45, 2.75) is 13.0 Å². The number of benzene rings is 1. The van der Waals surface area contributed by atoms with E-state index in [1.165, 1.54) is 0 Å². The van der Waals surface area contributed by atoms with Crippen molar-refractivity contribution in [3.8, 4) is 5.75 Å². The zero-order valence-electron chi connectivity index (χ0n) is 13.5. The molecule has 0 saturated heterocycles. The minimum atomic E-state index is 0.0171. The zero-order valence-corrected chi connectivity index (χ0v) is 13.5. The molecule has 0 unspecified atom stereocenters. The summed E-state index contributed by atoms with van der Waals surface area (Å²) in [5.74, 6) is 0.959. The Balaban J connectivity index is 2.43. The van der Waals surface area contributed by atoms with E-state index in [9.17, 15) is 4.79 Å². The summed E-state index contributed by atoms with van der Waals surface area (Å²) in [6.07, 6.45) is 0.0505. The molecule has 0 radical (unpaired) electrons. The minimum absolute atomic E-state index is 0.0171. The molecule has 1 aliphatic heterocycles. The van der Waals surface area contributed by atoms with Crippen LogP contribution in [-0.2, 0) is 0 Å². The fourth-order valence-electron chi connectivity index (χ4n) is 2.63. The predicted octanol–water partition coefficient (Wildman–Crippen LogP) is 1.44. The summed E-state index contributed by atoms with van der Waals surface area (Å²) in [6.45, 7) is 3.57. The number of nitrogens with zero attached hydrogens (tertiary/aromatic N) is 2. The highest BCUT2D eigenvalue weighted by Gasteiger charge is 2.28. The van der Waals surface area contributed by atoms with Crippen LogP contribution in [0, 0.1) is 5.92 Å². The summed E-state index contributed by atoms with van der Waals surface area (Å²) in [7, 11) is 7.70. The van der Waals surface area contributed by atoms with Crippen LogP contribution in [0.2, 0.25) is 0 Å². The van der Waals surface area contributed by atoms with Gasteiger partial charge in [-0.1, -0.05) is 6.92 Å². The van der Waals surface area contributed by atoms with Crippen LogP contribution in [0.25, 0.3) is 0 Å². The molecule has 1 N–H and O–H groups in total. The second-order valence-electron chi connectivity index (χ2n) is 5.95. The molecule has 0 aliphatic carbocycles. The quantitative estimate of drug-likeness (QED) is 0.915. The standard InChI is InChI=1S/C16H25N3O2/c1-11-10-19(5)16(20)13-8-12(18(3)4)6-7-14(13)21-15(11)9-17-2/h6-8,11,15,17H,9-10H2,1-5H3/t11-,15+/m1/s1. The third kappa shape index (κ3) is 3.29. The normalized spacial score (nSPS) is 22.1. The molecule has 0 bridgehead atoms. The summed E-state index contributed by atoms with van der Waals surface area (Å²) in [4.78, 5) is 16.4. The van der Waals surface area contributed by atoms with Gasteiger partial charge < -0.3 is 19.9 Å².